The first kappa shape index (κ1) is 24.9. The molecular formula is C28H36N4O3. The fraction of sp³-hybridized carbons (Fsp3) is 0.429. The van der Waals surface area contributed by atoms with Crippen LogP contribution in [0.1, 0.15) is 47.3 Å². The summed E-state index contributed by atoms with van der Waals surface area (Å²) in [5.41, 5.74) is 6.08. The molecule has 0 radical (unpaired) electrons. The molecule has 0 saturated carbocycles. The van der Waals surface area contributed by atoms with E-state index in [4.69, 9.17) is 4.74 Å². The van der Waals surface area contributed by atoms with Crippen molar-refractivity contribution in [2.75, 3.05) is 45.2 Å². The molecular weight excluding hydrogens is 440 g/mol. The fourth-order valence-corrected chi connectivity index (χ4v) is 4.93. The number of anilines is 1. The molecule has 7 heteroatoms. The van der Waals surface area contributed by atoms with Gasteiger partial charge in [0, 0.05) is 42.4 Å². The van der Waals surface area contributed by atoms with Gasteiger partial charge in [-0.15, -0.1) is 0 Å². The fourth-order valence-electron chi connectivity index (χ4n) is 4.93. The first-order valence-electron chi connectivity index (χ1n) is 12.6. The van der Waals surface area contributed by atoms with Crippen LogP contribution in [0.4, 0.5) is 5.69 Å². The van der Waals surface area contributed by atoms with Crippen molar-refractivity contribution in [3.8, 4) is 0 Å². The Hall–Kier alpha value is -3.16. The van der Waals surface area contributed by atoms with E-state index >= 15 is 0 Å². The molecule has 1 aliphatic heterocycles. The third-order valence-corrected chi connectivity index (χ3v) is 6.89. The van der Waals surface area contributed by atoms with Crippen LogP contribution < -0.4 is 5.32 Å². The second-order valence-electron chi connectivity index (χ2n) is 9.18. The molecule has 0 atom stereocenters. The van der Waals surface area contributed by atoms with E-state index in [2.05, 4.69) is 52.1 Å². The summed E-state index contributed by atoms with van der Waals surface area (Å²) in [6.45, 7) is 9.17. The van der Waals surface area contributed by atoms with Gasteiger partial charge in [-0.25, -0.2) is 4.79 Å². The highest BCUT2D eigenvalue weighted by molar-refractivity contribution is 5.95. The normalized spacial score (nSPS) is 15.2. The number of hydrogen-bond acceptors (Lipinski definition) is 5. The van der Waals surface area contributed by atoms with Gasteiger partial charge in [-0.3, -0.25) is 14.6 Å². The maximum Gasteiger partial charge on any atom is 0.337 e. The molecule has 1 fully saturated rings. The standard InChI is InChI=1S/C28H36N4O3/c1-4-20-8-6-9-21(5-2)27(20)30-26(33)19-32-13-7-12-31(14-15-32)18-23-17-29-25-16-22(28(34)35-3)10-11-24(23)25/h6,8-11,16-17,29H,4-5,7,12-15,18-19H2,1-3H3,(H,30,33). The molecule has 186 valence electrons. The molecule has 1 aromatic heterocycles. The lowest BCUT2D eigenvalue weighted by atomic mass is 10.0. The van der Waals surface area contributed by atoms with Gasteiger partial charge in [0.1, 0.15) is 0 Å². The average Bonchev–Trinajstić information content (AvgIpc) is 3.14. The van der Waals surface area contributed by atoms with Crippen molar-refractivity contribution in [2.24, 2.45) is 0 Å². The van der Waals surface area contributed by atoms with Gasteiger partial charge in [-0.05, 0) is 61.2 Å². The van der Waals surface area contributed by atoms with Gasteiger partial charge in [0.25, 0.3) is 0 Å². The Balaban J connectivity index is 1.34. The summed E-state index contributed by atoms with van der Waals surface area (Å²) in [4.78, 5) is 32.7. The number of amides is 1. The Morgan fingerprint density at radius 1 is 0.971 bits per heavy atom. The molecule has 1 saturated heterocycles. The number of carbonyl (C=O) groups excluding carboxylic acids is 2. The van der Waals surface area contributed by atoms with Crippen LogP contribution in [0.3, 0.4) is 0 Å². The maximum atomic E-state index is 12.9. The molecule has 7 nitrogen and oxygen atoms in total. The molecule has 35 heavy (non-hydrogen) atoms. The van der Waals surface area contributed by atoms with E-state index in [1.807, 2.05) is 24.4 Å². The first-order chi connectivity index (χ1) is 17.0. The molecule has 2 aromatic carbocycles. The van der Waals surface area contributed by atoms with E-state index in [1.54, 1.807) is 0 Å². The Morgan fingerprint density at radius 3 is 2.40 bits per heavy atom. The lowest BCUT2D eigenvalue weighted by Gasteiger charge is -2.22. The number of para-hydroxylation sites is 1. The zero-order chi connectivity index (χ0) is 24.8. The number of rotatable bonds is 8. The summed E-state index contributed by atoms with van der Waals surface area (Å²) in [6.07, 6.45) is 4.85. The molecule has 2 heterocycles. The van der Waals surface area contributed by atoms with Gasteiger partial charge < -0.3 is 15.0 Å². The zero-order valence-electron chi connectivity index (χ0n) is 21.0. The highest BCUT2D eigenvalue weighted by Crippen LogP contribution is 2.24. The quantitative estimate of drug-likeness (QED) is 0.476. The first-order valence-corrected chi connectivity index (χ1v) is 12.6. The number of benzene rings is 2. The monoisotopic (exact) mass is 476 g/mol. The molecule has 0 aliphatic carbocycles. The molecule has 0 unspecified atom stereocenters. The predicted octanol–water partition coefficient (Wildman–Crippen LogP) is 4.23. The summed E-state index contributed by atoms with van der Waals surface area (Å²) in [7, 11) is 1.39. The minimum atomic E-state index is -0.330. The van der Waals surface area contributed by atoms with Crippen LogP contribution in [-0.2, 0) is 28.9 Å². The highest BCUT2D eigenvalue weighted by atomic mass is 16.5. The van der Waals surface area contributed by atoms with E-state index in [-0.39, 0.29) is 11.9 Å². The largest absolute Gasteiger partial charge is 0.465 e. The average molecular weight is 477 g/mol. The van der Waals surface area contributed by atoms with Gasteiger partial charge in [0.2, 0.25) is 5.91 Å². The number of carbonyl (C=O) groups is 2. The van der Waals surface area contributed by atoms with Crippen molar-refractivity contribution >= 4 is 28.5 Å². The minimum Gasteiger partial charge on any atom is -0.465 e. The molecule has 1 amide bonds. The van der Waals surface area contributed by atoms with Crippen LogP contribution in [-0.4, -0.2) is 66.5 Å². The zero-order valence-corrected chi connectivity index (χ0v) is 21.0. The van der Waals surface area contributed by atoms with E-state index in [9.17, 15) is 9.59 Å². The van der Waals surface area contributed by atoms with Crippen molar-refractivity contribution in [1.82, 2.24) is 14.8 Å². The summed E-state index contributed by atoms with van der Waals surface area (Å²) in [6, 6.07) is 11.9. The molecule has 2 N–H and O–H groups in total. The summed E-state index contributed by atoms with van der Waals surface area (Å²) in [5, 5.41) is 4.33. The molecule has 3 aromatic rings. The number of fused-ring (bicyclic) bond motifs is 1. The van der Waals surface area contributed by atoms with Crippen LogP contribution in [0.25, 0.3) is 10.9 Å². The Kier molecular flexibility index (Phi) is 8.21. The number of nitrogens with zero attached hydrogens (tertiary/aromatic N) is 2. The van der Waals surface area contributed by atoms with Crippen LogP contribution in [0.15, 0.2) is 42.6 Å². The number of H-pyrrole nitrogens is 1. The Labute approximate surface area is 207 Å². The van der Waals surface area contributed by atoms with E-state index in [0.29, 0.717) is 12.1 Å². The maximum absolute atomic E-state index is 12.9. The van der Waals surface area contributed by atoms with Crippen molar-refractivity contribution < 1.29 is 14.3 Å². The van der Waals surface area contributed by atoms with Crippen molar-refractivity contribution in [3.05, 3.63) is 64.8 Å². The van der Waals surface area contributed by atoms with E-state index < -0.39 is 0 Å². The number of ether oxygens (including phenoxy) is 1. The topological polar surface area (TPSA) is 77.7 Å². The van der Waals surface area contributed by atoms with Crippen LogP contribution in [0.5, 0.6) is 0 Å². The van der Waals surface area contributed by atoms with Gasteiger partial charge in [0.15, 0.2) is 0 Å². The second kappa shape index (κ2) is 11.5. The number of nitrogens with one attached hydrogen (secondary N) is 2. The molecule has 1 aliphatic rings. The van der Waals surface area contributed by atoms with Crippen LogP contribution >= 0.6 is 0 Å². The highest BCUT2D eigenvalue weighted by Gasteiger charge is 2.19. The smallest absolute Gasteiger partial charge is 0.337 e. The Morgan fingerprint density at radius 2 is 1.69 bits per heavy atom. The summed E-state index contributed by atoms with van der Waals surface area (Å²) in [5.74, 6) is -0.268. The summed E-state index contributed by atoms with van der Waals surface area (Å²) < 4.78 is 4.83. The Bertz CT molecular complexity index is 1160. The lowest BCUT2D eigenvalue weighted by Crippen LogP contribution is -2.36. The molecule has 4 rings (SSSR count). The SMILES string of the molecule is CCc1cccc(CC)c1NC(=O)CN1CCCN(Cc2c[nH]c3cc(C(=O)OC)ccc23)CC1. The lowest BCUT2D eigenvalue weighted by molar-refractivity contribution is -0.117. The van der Waals surface area contributed by atoms with Gasteiger partial charge in [-0.2, -0.15) is 0 Å². The van der Waals surface area contributed by atoms with Gasteiger partial charge >= 0.3 is 5.97 Å². The van der Waals surface area contributed by atoms with E-state index in [1.165, 1.54) is 23.8 Å². The van der Waals surface area contributed by atoms with Crippen molar-refractivity contribution in [2.45, 2.75) is 39.7 Å². The molecule has 0 bridgehead atoms. The summed E-state index contributed by atoms with van der Waals surface area (Å²) >= 11 is 0. The van der Waals surface area contributed by atoms with Crippen LogP contribution in [0.2, 0.25) is 0 Å². The third kappa shape index (κ3) is 5.92. The second-order valence-corrected chi connectivity index (χ2v) is 9.18. The van der Waals surface area contributed by atoms with Gasteiger partial charge in [-0.1, -0.05) is 38.1 Å². The van der Waals surface area contributed by atoms with Crippen molar-refractivity contribution in [3.63, 3.8) is 0 Å². The van der Waals surface area contributed by atoms with Crippen molar-refractivity contribution in [1.29, 1.82) is 0 Å². The number of hydrogen-bond donors (Lipinski definition) is 2. The number of aromatic amines is 1. The number of methoxy groups -OCH3 is 1. The number of aromatic nitrogens is 1. The van der Waals surface area contributed by atoms with Crippen LogP contribution in [0, 0.1) is 0 Å². The number of aryl methyl sites for hydroxylation is 2. The number of esters is 1. The molecule has 0 spiro atoms. The van der Waals surface area contributed by atoms with Gasteiger partial charge in [0.05, 0.1) is 19.2 Å². The third-order valence-electron chi connectivity index (χ3n) is 6.89. The predicted molar refractivity (Wildman–Crippen MR) is 140 cm³/mol. The van der Waals surface area contributed by atoms with E-state index in [0.717, 1.165) is 68.6 Å². The minimum absolute atomic E-state index is 0.0621.